The third-order valence-electron chi connectivity index (χ3n) is 3.87. The molecule has 2 atom stereocenters. The summed E-state index contributed by atoms with van der Waals surface area (Å²) in [5.41, 5.74) is 3.95. The van der Waals surface area contributed by atoms with Gasteiger partial charge in [0.25, 0.3) is 0 Å². The Morgan fingerprint density at radius 1 is 1.53 bits per heavy atom. The van der Waals surface area contributed by atoms with Crippen molar-refractivity contribution in [1.82, 2.24) is 10.3 Å². The van der Waals surface area contributed by atoms with Gasteiger partial charge in [0.05, 0.1) is 11.3 Å². The van der Waals surface area contributed by atoms with E-state index in [1.165, 1.54) is 12.0 Å². The first-order valence-corrected chi connectivity index (χ1v) is 6.09. The predicted octanol–water partition coefficient (Wildman–Crippen LogP) is 2.03. The van der Waals surface area contributed by atoms with Crippen molar-refractivity contribution in [3.05, 3.63) is 35.2 Å². The van der Waals surface area contributed by atoms with Crippen molar-refractivity contribution in [2.75, 3.05) is 6.54 Å². The molecule has 17 heavy (non-hydrogen) atoms. The number of nitriles is 1. The van der Waals surface area contributed by atoms with Crippen LogP contribution >= 0.6 is 0 Å². The molecular formula is C14H15N3. The average molecular weight is 225 g/mol. The lowest BCUT2D eigenvalue weighted by atomic mass is 9.78. The van der Waals surface area contributed by atoms with E-state index in [9.17, 15) is 0 Å². The van der Waals surface area contributed by atoms with Crippen molar-refractivity contribution in [1.29, 1.82) is 5.26 Å². The van der Waals surface area contributed by atoms with Gasteiger partial charge in [0.2, 0.25) is 0 Å². The van der Waals surface area contributed by atoms with Crippen LogP contribution in [0.2, 0.25) is 0 Å². The molecule has 1 aliphatic heterocycles. The molecule has 2 heterocycles. The quantitative estimate of drug-likeness (QED) is 0.795. The lowest BCUT2D eigenvalue weighted by molar-refractivity contribution is 0.256. The molecule has 86 valence electrons. The molecule has 1 aliphatic carbocycles. The normalized spacial score (nSPS) is 26.5. The van der Waals surface area contributed by atoms with Gasteiger partial charge in [-0.15, -0.1) is 0 Å². The van der Waals surface area contributed by atoms with Crippen LogP contribution in [0.4, 0.5) is 0 Å². The Hall–Kier alpha value is -1.66. The van der Waals surface area contributed by atoms with Crippen molar-refractivity contribution in [3.63, 3.8) is 0 Å². The van der Waals surface area contributed by atoms with Gasteiger partial charge in [-0.05, 0) is 42.9 Å². The topological polar surface area (TPSA) is 48.7 Å². The summed E-state index contributed by atoms with van der Waals surface area (Å²) in [7, 11) is 0. The Bertz CT molecular complexity index is 525. The number of pyridine rings is 1. The fraction of sp³-hybridized carbons (Fsp3) is 0.429. The predicted molar refractivity (Wildman–Crippen MR) is 66.2 cm³/mol. The zero-order chi connectivity index (χ0) is 11.8. The zero-order valence-electron chi connectivity index (χ0n) is 9.90. The highest BCUT2D eigenvalue weighted by atomic mass is 15.0. The van der Waals surface area contributed by atoms with E-state index in [0.717, 1.165) is 30.1 Å². The molecular weight excluding hydrogens is 210 g/mol. The van der Waals surface area contributed by atoms with Gasteiger partial charge in [-0.2, -0.15) is 5.26 Å². The van der Waals surface area contributed by atoms with Crippen molar-refractivity contribution in [3.8, 4) is 6.07 Å². The smallest absolute Gasteiger partial charge is 0.101 e. The second-order valence-corrected chi connectivity index (χ2v) is 4.89. The first-order chi connectivity index (χ1) is 8.28. The first kappa shape index (κ1) is 10.5. The molecule has 1 fully saturated rings. The second kappa shape index (κ2) is 3.97. The third kappa shape index (κ3) is 1.75. The number of hydrogen-bond acceptors (Lipinski definition) is 3. The Morgan fingerprint density at radius 2 is 2.41 bits per heavy atom. The molecule has 0 spiro atoms. The fourth-order valence-corrected chi connectivity index (χ4v) is 2.60. The minimum atomic E-state index is 0.547. The number of allylic oxidation sites excluding steroid dienone is 1. The molecule has 1 aromatic heterocycles. The van der Waals surface area contributed by atoms with Crippen LogP contribution < -0.4 is 5.32 Å². The summed E-state index contributed by atoms with van der Waals surface area (Å²) in [4.78, 5) is 4.30. The summed E-state index contributed by atoms with van der Waals surface area (Å²) in [5, 5.41) is 12.4. The average Bonchev–Trinajstić information content (AvgIpc) is 2.32. The van der Waals surface area contributed by atoms with E-state index in [0.29, 0.717) is 11.6 Å². The molecule has 2 aliphatic rings. The highest BCUT2D eigenvalue weighted by molar-refractivity contribution is 5.68. The number of nitrogens with zero attached hydrogens (tertiary/aromatic N) is 2. The molecule has 0 radical (unpaired) electrons. The molecule has 1 saturated heterocycles. The SMILES string of the molecule is Cc1ncc(C2=C[C@@H]3NC[C@@H]3CC2)cc1C#N. The summed E-state index contributed by atoms with van der Waals surface area (Å²) in [6.45, 7) is 3.03. The molecule has 3 nitrogen and oxygen atoms in total. The minimum absolute atomic E-state index is 0.547. The lowest BCUT2D eigenvalue weighted by Crippen LogP contribution is -2.52. The maximum Gasteiger partial charge on any atom is 0.101 e. The molecule has 0 unspecified atom stereocenters. The van der Waals surface area contributed by atoms with Gasteiger partial charge < -0.3 is 5.32 Å². The van der Waals surface area contributed by atoms with Crippen LogP contribution in [0.15, 0.2) is 18.3 Å². The van der Waals surface area contributed by atoms with E-state index in [1.807, 2.05) is 19.2 Å². The van der Waals surface area contributed by atoms with Gasteiger partial charge in [0, 0.05) is 18.8 Å². The van der Waals surface area contributed by atoms with Gasteiger partial charge in [0.1, 0.15) is 6.07 Å². The van der Waals surface area contributed by atoms with Crippen LogP contribution in [-0.4, -0.2) is 17.6 Å². The van der Waals surface area contributed by atoms with E-state index in [1.54, 1.807) is 0 Å². The number of fused-ring (bicyclic) bond motifs is 1. The van der Waals surface area contributed by atoms with Crippen LogP contribution in [0.5, 0.6) is 0 Å². The second-order valence-electron chi connectivity index (χ2n) is 4.89. The number of rotatable bonds is 1. The Balaban J connectivity index is 1.94. The van der Waals surface area contributed by atoms with Gasteiger partial charge in [-0.25, -0.2) is 0 Å². The minimum Gasteiger partial charge on any atom is -0.310 e. The molecule has 3 heteroatoms. The summed E-state index contributed by atoms with van der Waals surface area (Å²) < 4.78 is 0. The maximum absolute atomic E-state index is 9.02. The molecule has 0 aromatic carbocycles. The molecule has 0 bridgehead atoms. The number of hydrogen-bond donors (Lipinski definition) is 1. The van der Waals surface area contributed by atoms with Crippen molar-refractivity contribution < 1.29 is 0 Å². The van der Waals surface area contributed by atoms with Crippen LogP contribution in [0.25, 0.3) is 5.57 Å². The largest absolute Gasteiger partial charge is 0.310 e. The van der Waals surface area contributed by atoms with Crippen LogP contribution in [-0.2, 0) is 0 Å². The van der Waals surface area contributed by atoms with Crippen molar-refractivity contribution in [2.24, 2.45) is 5.92 Å². The van der Waals surface area contributed by atoms with Gasteiger partial charge in [0.15, 0.2) is 0 Å². The summed E-state index contributed by atoms with van der Waals surface area (Å²) in [5.74, 6) is 0.826. The van der Waals surface area contributed by atoms with E-state index in [4.69, 9.17) is 5.26 Å². The Morgan fingerprint density at radius 3 is 3.06 bits per heavy atom. The van der Waals surface area contributed by atoms with E-state index >= 15 is 0 Å². The molecule has 3 rings (SSSR count). The fourth-order valence-electron chi connectivity index (χ4n) is 2.60. The number of aryl methyl sites for hydroxylation is 1. The Kier molecular flexibility index (Phi) is 2.45. The zero-order valence-corrected chi connectivity index (χ0v) is 9.90. The summed E-state index contributed by atoms with van der Waals surface area (Å²) >= 11 is 0. The monoisotopic (exact) mass is 225 g/mol. The van der Waals surface area contributed by atoms with Crippen molar-refractivity contribution in [2.45, 2.75) is 25.8 Å². The van der Waals surface area contributed by atoms with E-state index < -0.39 is 0 Å². The maximum atomic E-state index is 9.02. The van der Waals surface area contributed by atoms with Crippen LogP contribution in [0, 0.1) is 24.2 Å². The molecule has 0 amide bonds. The Labute approximate surface area is 101 Å². The van der Waals surface area contributed by atoms with Crippen LogP contribution in [0.1, 0.15) is 29.7 Å². The van der Waals surface area contributed by atoms with Crippen LogP contribution in [0.3, 0.4) is 0 Å². The van der Waals surface area contributed by atoms with E-state index in [-0.39, 0.29) is 0 Å². The third-order valence-corrected chi connectivity index (χ3v) is 3.87. The highest BCUT2D eigenvalue weighted by Crippen LogP contribution is 2.33. The molecule has 1 aromatic rings. The highest BCUT2D eigenvalue weighted by Gasteiger charge is 2.31. The van der Waals surface area contributed by atoms with Crippen molar-refractivity contribution >= 4 is 5.57 Å². The number of nitrogens with one attached hydrogen (secondary N) is 1. The standard InChI is InChI=1S/C14H15N3/c1-9-12(6-15)4-13(8-16-9)10-2-3-11-7-17-14(11)5-10/h4-5,8,11,14,17H,2-3,7H2,1H3/t11-,14-/m0/s1. The molecule has 0 saturated carbocycles. The van der Waals surface area contributed by atoms with Gasteiger partial charge >= 0.3 is 0 Å². The van der Waals surface area contributed by atoms with Gasteiger partial charge in [-0.1, -0.05) is 6.08 Å². The summed E-state index contributed by atoms with van der Waals surface area (Å²) in [6.07, 6.45) is 6.56. The first-order valence-electron chi connectivity index (χ1n) is 6.09. The number of aromatic nitrogens is 1. The van der Waals surface area contributed by atoms with E-state index in [2.05, 4.69) is 22.4 Å². The molecule has 1 N–H and O–H groups in total. The lowest BCUT2D eigenvalue weighted by Gasteiger charge is -2.40. The summed E-state index contributed by atoms with van der Waals surface area (Å²) in [6, 6.07) is 4.72. The van der Waals surface area contributed by atoms with Gasteiger partial charge in [-0.3, -0.25) is 4.98 Å².